The zero-order valence-corrected chi connectivity index (χ0v) is 17.3. The van der Waals surface area contributed by atoms with Gasteiger partial charge in [-0.2, -0.15) is 0 Å². The van der Waals surface area contributed by atoms with Gasteiger partial charge in [0.15, 0.2) is 0 Å². The van der Waals surface area contributed by atoms with Crippen molar-refractivity contribution in [2.75, 3.05) is 23.3 Å². The molecule has 5 nitrogen and oxygen atoms in total. The predicted octanol–water partition coefficient (Wildman–Crippen LogP) is 3.31. The molecule has 4 bridgehead atoms. The average Bonchev–Trinajstić information content (AvgIpc) is 3.49. The van der Waals surface area contributed by atoms with Crippen LogP contribution in [-0.4, -0.2) is 35.9 Å². The Bertz CT molecular complexity index is 944. The number of nitrogens with zero attached hydrogens (tertiary/aromatic N) is 1. The first-order valence-corrected chi connectivity index (χ1v) is 12.3. The summed E-state index contributed by atoms with van der Waals surface area (Å²) in [7, 11) is 0. The summed E-state index contributed by atoms with van der Waals surface area (Å²) in [6, 6.07) is 8.67. The standard InChI is InChI=1S/C25H31N3O2/c29-24(27-18-3-1-2-4-19(18)28-10-12-5-6-13(28)7-12)26-11-25(30)22-15-9-16-20-14(15)8-17(22)21(20)23(16)25/h1-4,12-17,20-23,30H,5-11H2,(H2,26,27,29). The number of aliphatic hydroxyl groups is 1. The number of urea groups is 1. The van der Waals surface area contributed by atoms with E-state index in [1.54, 1.807) is 0 Å². The Hall–Kier alpha value is -1.75. The van der Waals surface area contributed by atoms with E-state index in [2.05, 4.69) is 27.7 Å². The number of hydrogen-bond donors (Lipinski definition) is 3. The van der Waals surface area contributed by atoms with E-state index >= 15 is 0 Å². The van der Waals surface area contributed by atoms with Gasteiger partial charge in [0.2, 0.25) is 0 Å². The van der Waals surface area contributed by atoms with E-state index in [0.717, 1.165) is 59.3 Å². The number of piperidine rings is 1. The van der Waals surface area contributed by atoms with Gasteiger partial charge in [-0.25, -0.2) is 4.79 Å². The predicted molar refractivity (Wildman–Crippen MR) is 114 cm³/mol. The number of carbonyl (C=O) groups excluding carboxylic acids is 1. The molecule has 6 saturated carbocycles. The molecule has 1 heterocycles. The molecule has 2 amide bonds. The minimum absolute atomic E-state index is 0.168. The van der Waals surface area contributed by atoms with Crippen LogP contribution in [0, 0.1) is 53.3 Å². The summed E-state index contributed by atoms with van der Waals surface area (Å²) >= 11 is 0. The molecule has 0 aromatic heterocycles. The van der Waals surface area contributed by atoms with Gasteiger partial charge in [0.25, 0.3) is 0 Å². The molecule has 158 valence electrons. The summed E-state index contributed by atoms with van der Waals surface area (Å²) in [5.41, 5.74) is 1.39. The van der Waals surface area contributed by atoms with Gasteiger partial charge in [0.1, 0.15) is 0 Å². The minimum Gasteiger partial charge on any atom is -0.387 e. The first kappa shape index (κ1) is 16.9. The van der Waals surface area contributed by atoms with Crippen LogP contribution in [0.25, 0.3) is 0 Å². The Labute approximate surface area is 177 Å². The highest BCUT2D eigenvalue weighted by atomic mass is 16.3. The molecular formula is C25H31N3O2. The Morgan fingerprint density at radius 1 is 1.03 bits per heavy atom. The van der Waals surface area contributed by atoms with E-state index in [9.17, 15) is 9.90 Å². The van der Waals surface area contributed by atoms with Crippen LogP contribution in [0.1, 0.15) is 32.1 Å². The molecule has 0 radical (unpaired) electrons. The van der Waals surface area contributed by atoms with Gasteiger partial charge < -0.3 is 20.6 Å². The molecule has 7 fully saturated rings. The van der Waals surface area contributed by atoms with Crippen LogP contribution in [0.4, 0.5) is 16.2 Å². The fourth-order valence-corrected chi connectivity index (χ4v) is 10.4. The van der Waals surface area contributed by atoms with Crippen LogP contribution < -0.4 is 15.5 Å². The topological polar surface area (TPSA) is 64.6 Å². The van der Waals surface area contributed by atoms with Crippen molar-refractivity contribution in [3.05, 3.63) is 24.3 Å². The quantitative estimate of drug-likeness (QED) is 0.720. The van der Waals surface area contributed by atoms with E-state index < -0.39 is 5.60 Å². The highest BCUT2D eigenvalue weighted by molar-refractivity contribution is 5.93. The van der Waals surface area contributed by atoms with Crippen LogP contribution in [0.5, 0.6) is 0 Å². The first-order valence-electron chi connectivity index (χ1n) is 12.3. The summed E-state index contributed by atoms with van der Waals surface area (Å²) in [6.07, 6.45) is 6.63. The molecule has 6 aliphatic carbocycles. The first-order chi connectivity index (χ1) is 14.6. The number of para-hydroxylation sites is 2. The lowest BCUT2D eigenvalue weighted by atomic mass is 9.56. The third-order valence-electron chi connectivity index (χ3n) is 10.9. The smallest absolute Gasteiger partial charge is 0.319 e. The number of nitrogens with one attached hydrogen (secondary N) is 2. The molecule has 1 aromatic carbocycles. The second-order valence-electron chi connectivity index (χ2n) is 11.6. The van der Waals surface area contributed by atoms with Crippen molar-refractivity contribution >= 4 is 17.4 Å². The number of fused-ring (bicyclic) bond motifs is 4. The Kier molecular flexibility index (Phi) is 3.01. The summed E-state index contributed by atoms with van der Waals surface area (Å²) in [6.45, 7) is 1.53. The number of amides is 2. The maximum absolute atomic E-state index is 12.9. The monoisotopic (exact) mass is 405 g/mol. The van der Waals surface area contributed by atoms with Crippen molar-refractivity contribution in [2.24, 2.45) is 53.3 Å². The van der Waals surface area contributed by atoms with E-state index in [-0.39, 0.29) is 6.03 Å². The number of rotatable bonds is 4. The van der Waals surface area contributed by atoms with Gasteiger partial charge in [-0.1, -0.05) is 12.1 Å². The zero-order chi connectivity index (χ0) is 19.8. The molecule has 7 aliphatic rings. The highest BCUT2D eigenvalue weighted by Crippen LogP contribution is 2.85. The fraction of sp³-hybridized carbons (Fsp3) is 0.720. The normalized spacial score (nSPS) is 52.4. The lowest BCUT2D eigenvalue weighted by molar-refractivity contribution is -0.126. The van der Waals surface area contributed by atoms with Gasteiger partial charge >= 0.3 is 6.03 Å². The number of benzene rings is 1. The molecule has 8 rings (SSSR count). The van der Waals surface area contributed by atoms with Crippen LogP contribution in [0.3, 0.4) is 0 Å². The molecular weight excluding hydrogens is 374 g/mol. The lowest BCUT2D eigenvalue weighted by Gasteiger charge is -2.51. The van der Waals surface area contributed by atoms with E-state index in [1.165, 1.54) is 32.1 Å². The van der Waals surface area contributed by atoms with Gasteiger partial charge in [0, 0.05) is 19.1 Å². The van der Waals surface area contributed by atoms with E-state index in [0.29, 0.717) is 24.4 Å². The number of anilines is 2. The van der Waals surface area contributed by atoms with Crippen LogP contribution >= 0.6 is 0 Å². The molecule has 3 N–H and O–H groups in total. The van der Waals surface area contributed by atoms with Crippen molar-refractivity contribution < 1.29 is 9.90 Å². The van der Waals surface area contributed by atoms with E-state index in [1.807, 2.05) is 12.1 Å². The largest absolute Gasteiger partial charge is 0.387 e. The molecule has 1 aliphatic heterocycles. The van der Waals surface area contributed by atoms with E-state index in [4.69, 9.17) is 0 Å². The van der Waals surface area contributed by atoms with Crippen molar-refractivity contribution in [1.82, 2.24) is 5.32 Å². The SMILES string of the molecule is O=C(NCC1(O)C2C3CC4C5C3CC2C5C41)Nc1ccccc1N1CC2CCC1C2. The van der Waals surface area contributed by atoms with Crippen molar-refractivity contribution in [2.45, 2.75) is 43.7 Å². The van der Waals surface area contributed by atoms with Crippen molar-refractivity contribution in [1.29, 1.82) is 0 Å². The minimum atomic E-state index is -0.657. The molecule has 5 heteroatoms. The van der Waals surface area contributed by atoms with Crippen LogP contribution in [-0.2, 0) is 0 Å². The zero-order valence-electron chi connectivity index (χ0n) is 17.3. The number of hydrogen-bond acceptors (Lipinski definition) is 3. The molecule has 1 saturated heterocycles. The molecule has 11 unspecified atom stereocenters. The Morgan fingerprint density at radius 2 is 1.87 bits per heavy atom. The van der Waals surface area contributed by atoms with Crippen molar-refractivity contribution in [3.8, 4) is 0 Å². The fourth-order valence-electron chi connectivity index (χ4n) is 10.4. The lowest BCUT2D eigenvalue weighted by Crippen LogP contribution is -2.59. The van der Waals surface area contributed by atoms with Crippen LogP contribution in [0.2, 0.25) is 0 Å². The summed E-state index contributed by atoms with van der Waals surface area (Å²) in [5, 5.41) is 17.9. The average molecular weight is 406 g/mol. The molecule has 1 aromatic rings. The summed E-state index contributed by atoms with van der Waals surface area (Å²) in [4.78, 5) is 15.4. The van der Waals surface area contributed by atoms with Gasteiger partial charge in [0.05, 0.1) is 17.0 Å². The Balaban J connectivity index is 0.991. The summed E-state index contributed by atoms with van der Waals surface area (Å²) in [5.74, 6) is 6.53. The second kappa shape index (κ2) is 5.35. The maximum atomic E-state index is 12.9. The Morgan fingerprint density at radius 3 is 2.70 bits per heavy atom. The molecule has 11 atom stereocenters. The third kappa shape index (κ3) is 1.81. The van der Waals surface area contributed by atoms with Gasteiger partial charge in [-0.15, -0.1) is 0 Å². The van der Waals surface area contributed by atoms with Crippen LogP contribution in [0.15, 0.2) is 24.3 Å². The second-order valence-corrected chi connectivity index (χ2v) is 11.6. The number of carbonyl (C=O) groups is 1. The van der Waals surface area contributed by atoms with Crippen molar-refractivity contribution in [3.63, 3.8) is 0 Å². The maximum Gasteiger partial charge on any atom is 0.319 e. The summed E-state index contributed by atoms with van der Waals surface area (Å²) < 4.78 is 0. The van der Waals surface area contributed by atoms with Gasteiger partial charge in [-0.3, -0.25) is 0 Å². The third-order valence-corrected chi connectivity index (χ3v) is 10.9. The van der Waals surface area contributed by atoms with Gasteiger partial charge in [-0.05, 0) is 97.5 Å². The molecule has 30 heavy (non-hydrogen) atoms. The molecule has 0 spiro atoms. The highest BCUT2D eigenvalue weighted by Gasteiger charge is 2.84.